The molecule has 3 aromatic rings. The molecule has 0 saturated carbocycles. The minimum atomic E-state index is 0.106. The van der Waals surface area contributed by atoms with E-state index in [1.54, 1.807) is 0 Å². The van der Waals surface area contributed by atoms with Crippen LogP contribution >= 0.6 is 11.8 Å². The van der Waals surface area contributed by atoms with E-state index in [0.29, 0.717) is 18.1 Å². The largest absolute Gasteiger partial charge is 0.342 e. The second-order valence-corrected chi connectivity index (χ2v) is 6.31. The van der Waals surface area contributed by atoms with Gasteiger partial charge in [0.25, 0.3) is 0 Å². The van der Waals surface area contributed by atoms with Crippen LogP contribution in [0, 0.1) is 0 Å². The summed E-state index contributed by atoms with van der Waals surface area (Å²) in [6, 6.07) is 8.04. The summed E-state index contributed by atoms with van der Waals surface area (Å²) in [4.78, 5) is 12.3. The molecule has 1 aliphatic heterocycles. The number of nitrogens with one attached hydrogen (secondary N) is 1. The second-order valence-electron chi connectivity index (χ2n) is 5.23. The Balaban J connectivity index is 1.55. The van der Waals surface area contributed by atoms with Crippen LogP contribution < -0.4 is 5.73 Å². The summed E-state index contributed by atoms with van der Waals surface area (Å²) in [5.74, 6) is 4.21. The molecule has 2 unspecified atom stereocenters. The van der Waals surface area contributed by atoms with Crippen molar-refractivity contribution in [2.75, 3.05) is 11.5 Å². The fourth-order valence-electron chi connectivity index (χ4n) is 2.55. The number of thioether (sulfide) groups is 1. The summed E-state index contributed by atoms with van der Waals surface area (Å²) in [5, 5.41) is 4.05. The molecule has 6 nitrogen and oxygen atoms in total. The van der Waals surface area contributed by atoms with Gasteiger partial charge in [-0.1, -0.05) is 17.3 Å². The van der Waals surface area contributed by atoms with Gasteiger partial charge in [-0.3, -0.25) is 0 Å². The summed E-state index contributed by atoms with van der Waals surface area (Å²) in [5.41, 5.74) is 8.03. The molecule has 1 saturated heterocycles. The quantitative estimate of drug-likeness (QED) is 0.764. The van der Waals surface area contributed by atoms with E-state index in [-0.39, 0.29) is 12.0 Å². The van der Waals surface area contributed by atoms with Gasteiger partial charge in [0.15, 0.2) is 5.82 Å². The lowest BCUT2D eigenvalue weighted by Crippen LogP contribution is -2.26. The number of fused-ring (bicyclic) bond motifs is 1. The fourth-order valence-corrected chi connectivity index (χ4v) is 3.84. The SMILES string of the molecule is NC1CSCC1c1nc(Cc2nc3ccccc3[nH]2)no1. The average molecular weight is 301 g/mol. The molecule has 108 valence electrons. The third-order valence-corrected chi connectivity index (χ3v) is 4.90. The number of para-hydroxylation sites is 2. The summed E-state index contributed by atoms with van der Waals surface area (Å²) >= 11 is 1.83. The number of hydrogen-bond donors (Lipinski definition) is 2. The van der Waals surface area contributed by atoms with Crippen molar-refractivity contribution in [3.8, 4) is 0 Å². The van der Waals surface area contributed by atoms with Crippen molar-refractivity contribution >= 4 is 22.8 Å². The van der Waals surface area contributed by atoms with E-state index in [4.69, 9.17) is 10.3 Å². The minimum absolute atomic E-state index is 0.106. The summed E-state index contributed by atoms with van der Waals surface area (Å²) in [6.07, 6.45) is 0.535. The Morgan fingerprint density at radius 2 is 2.19 bits per heavy atom. The molecule has 2 atom stereocenters. The second kappa shape index (κ2) is 5.16. The van der Waals surface area contributed by atoms with Gasteiger partial charge in [0.05, 0.1) is 23.4 Å². The topological polar surface area (TPSA) is 93.6 Å². The number of aromatic nitrogens is 4. The zero-order valence-corrected chi connectivity index (χ0v) is 12.1. The molecule has 2 aromatic heterocycles. The molecule has 1 fully saturated rings. The number of H-pyrrole nitrogens is 1. The number of benzene rings is 1. The highest BCUT2D eigenvalue weighted by Gasteiger charge is 2.30. The summed E-state index contributed by atoms with van der Waals surface area (Å²) in [7, 11) is 0. The lowest BCUT2D eigenvalue weighted by atomic mass is 10.1. The van der Waals surface area contributed by atoms with Crippen LogP contribution in [0.2, 0.25) is 0 Å². The van der Waals surface area contributed by atoms with Gasteiger partial charge in [0.1, 0.15) is 5.82 Å². The van der Waals surface area contributed by atoms with E-state index in [0.717, 1.165) is 28.4 Å². The molecule has 1 aromatic carbocycles. The van der Waals surface area contributed by atoms with Gasteiger partial charge in [-0.05, 0) is 12.1 Å². The van der Waals surface area contributed by atoms with Crippen LogP contribution in [0.15, 0.2) is 28.8 Å². The van der Waals surface area contributed by atoms with E-state index < -0.39 is 0 Å². The number of nitrogens with two attached hydrogens (primary N) is 1. The Kier molecular flexibility index (Phi) is 3.16. The van der Waals surface area contributed by atoms with Crippen molar-refractivity contribution in [3.63, 3.8) is 0 Å². The maximum Gasteiger partial charge on any atom is 0.232 e. The molecular weight excluding hydrogens is 286 g/mol. The monoisotopic (exact) mass is 301 g/mol. The minimum Gasteiger partial charge on any atom is -0.342 e. The Morgan fingerprint density at radius 3 is 3.00 bits per heavy atom. The van der Waals surface area contributed by atoms with Crippen molar-refractivity contribution in [1.82, 2.24) is 20.1 Å². The first-order valence-corrected chi connectivity index (χ1v) is 8.04. The average Bonchev–Trinajstić information content (AvgIpc) is 3.17. The van der Waals surface area contributed by atoms with Crippen molar-refractivity contribution in [2.45, 2.75) is 18.4 Å². The van der Waals surface area contributed by atoms with Crippen LogP contribution in [-0.4, -0.2) is 37.7 Å². The molecular formula is C14H15N5OS. The van der Waals surface area contributed by atoms with Crippen LogP contribution in [-0.2, 0) is 6.42 Å². The van der Waals surface area contributed by atoms with E-state index in [1.165, 1.54) is 0 Å². The highest BCUT2D eigenvalue weighted by Crippen LogP contribution is 2.30. The normalized spacial score (nSPS) is 22.1. The maximum absolute atomic E-state index is 6.06. The molecule has 0 radical (unpaired) electrons. The lowest BCUT2D eigenvalue weighted by Gasteiger charge is -2.07. The smallest absolute Gasteiger partial charge is 0.232 e. The summed E-state index contributed by atoms with van der Waals surface area (Å²) < 4.78 is 5.37. The van der Waals surface area contributed by atoms with Gasteiger partial charge in [-0.15, -0.1) is 0 Å². The number of rotatable bonds is 3. The Morgan fingerprint density at radius 1 is 1.29 bits per heavy atom. The van der Waals surface area contributed by atoms with Crippen LogP contribution in [0.25, 0.3) is 11.0 Å². The molecule has 1 aliphatic rings. The lowest BCUT2D eigenvalue weighted by molar-refractivity contribution is 0.349. The van der Waals surface area contributed by atoms with Crippen molar-refractivity contribution in [1.29, 1.82) is 0 Å². The fraction of sp³-hybridized carbons (Fsp3) is 0.357. The number of aromatic amines is 1. The first kappa shape index (κ1) is 12.8. The maximum atomic E-state index is 6.06. The van der Waals surface area contributed by atoms with Gasteiger partial charge >= 0.3 is 0 Å². The van der Waals surface area contributed by atoms with Gasteiger partial charge in [0.2, 0.25) is 5.89 Å². The van der Waals surface area contributed by atoms with Gasteiger partial charge in [0, 0.05) is 17.5 Å². The first-order chi connectivity index (χ1) is 10.3. The van der Waals surface area contributed by atoms with Crippen molar-refractivity contribution in [3.05, 3.63) is 41.8 Å². The van der Waals surface area contributed by atoms with Gasteiger partial charge in [-0.2, -0.15) is 16.7 Å². The van der Waals surface area contributed by atoms with Crippen LogP contribution in [0.3, 0.4) is 0 Å². The zero-order valence-electron chi connectivity index (χ0n) is 11.3. The highest BCUT2D eigenvalue weighted by molar-refractivity contribution is 7.99. The molecule has 0 bridgehead atoms. The first-order valence-electron chi connectivity index (χ1n) is 6.89. The molecule has 4 rings (SSSR count). The van der Waals surface area contributed by atoms with Gasteiger partial charge < -0.3 is 15.2 Å². The van der Waals surface area contributed by atoms with E-state index in [1.807, 2.05) is 36.0 Å². The molecule has 7 heteroatoms. The number of imidazole rings is 1. The third kappa shape index (κ3) is 2.43. The molecule has 3 N–H and O–H groups in total. The van der Waals surface area contributed by atoms with Gasteiger partial charge in [-0.25, -0.2) is 4.98 Å². The van der Waals surface area contributed by atoms with E-state index in [2.05, 4.69) is 20.1 Å². The van der Waals surface area contributed by atoms with Crippen LogP contribution in [0.5, 0.6) is 0 Å². The Bertz CT molecular complexity index is 734. The predicted molar refractivity (Wildman–Crippen MR) is 81.2 cm³/mol. The van der Waals surface area contributed by atoms with E-state index in [9.17, 15) is 0 Å². The molecule has 3 heterocycles. The number of hydrogen-bond acceptors (Lipinski definition) is 6. The Labute approximate surface area is 125 Å². The number of nitrogens with zero attached hydrogens (tertiary/aromatic N) is 3. The Hall–Kier alpha value is -1.86. The molecule has 21 heavy (non-hydrogen) atoms. The summed E-state index contributed by atoms with van der Waals surface area (Å²) in [6.45, 7) is 0. The highest BCUT2D eigenvalue weighted by atomic mass is 32.2. The van der Waals surface area contributed by atoms with Crippen LogP contribution in [0.4, 0.5) is 0 Å². The van der Waals surface area contributed by atoms with Crippen molar-refractivity contribution in [2.24, 2.45) is 5.73 Å². The zero-order chi connectivity index (χ0) is 14.2. The molecule has 0 amide bonds. The standard InChI is InChI=1S/C14H15N5OS/c15-9-7-21-6-8(9)14-18-13(19-20-14)5-12-16-10-3-1-2-4-11(10)17-12/h1-4,8-9H,5-7,15H2,(H,16,17). The van der Waals surface area contributed by atoms with Crippen molar-refractivity contribution < 1.29 is 4.52 Å². The van der Waals surface area contributed by atoms with Crippen LogP contribution in [0.1, 0.15) is 23.5 Å². The third-order valence-electron chi connectivity index (χ3n) is 3.69. The predicted octanol–water partition coefficient (Wildman–Crippen LogP) is 1.69. The van der Waals surface area contributed by atoms with E-state index >= 15 is 0 Å². The molecule has 0 spiro atoms. The molecule has 0 aliphatic carbocycles.